The van der Waals surface area contributed by atoms with Gasteiger partial charge in [0.1, 0.15) is 11.9 Å². The molecule has 0 aliphatic carbocycles. The monoisotopic (exact) mass is 460 g/mol. The molecule has 34 heavy (non-hydrogen) atoms. The van der Waals surface area contributed by atoms with Crippen LogP contribution in [0.4, 0.5) is 4.39 Å². The predicted octanol–water partition coefficient (Wildman–Crippen LogP) is 5.15. The maximum atomic E-state index is 13.7. The Morgan fingerprint density at radius 2 is 1.65 bits per heavy atom. The first-order valence-electron chi connectivity index (χ1n) is 11.8. The zero-order valence-electron chi connectivity index (χ0n) is 20.2. The van der Waals surface area contributed by atoms with Gasteiger partial charge in [-0.15, -0.1) is 0 Å². The average molecular weight is 461 g/mol. The Balaban J connectivity index is 1.97. The van der Waals surface area contributed by atoms with Gasteiger partial charge in [0.2, 0.25) is 11.8 Å². The molecule has 0 heterocycles. The molecule has 0 unspecified atom stereocenters. The van der Waals surface area contributed by atoms with E-state index in [1.165, 1.54) is 12.1 Å². The molecule has 0 aromatic heterocycles. The van der Waals surface area contributed by atoms with Crippen molar-refractivity contribution in [2.45, 2.75) is 52.6 Å². The minimum absolute atomic E-state index is 0.134. The highest BCUT2D eigenvalue weighted by atomic mass is 19.1. The summed E-state index contributed by atoms with van der Waals surface area (Å²) in [5, 5.41) is 2.97. The van der Waals surface area contributed by atoms with Crippen LogP contribution in [-0.4, -0.2) is 29.3 Å². The summed E-state index contributed by atoms with van der Waals surface area (Å²) in [5.74, 6) is -0.647. The quantitative estimate of drug-likeness (QED) is 0.455. The fraction of sp³-hybridized carbons (Fsp3) is 0.310. The van der Waals surface area contributed by atoms with Crippen molar-refractivity contribution in [2.75, 3.05) is 6.54 Å². The van der Waals surface area contributed by atoms with Gasteiger partial charge < -0.3 is 10.2 Å². The highest BCUT2D eigenvalue weighted by Crippen LogP contribution is 2.19. The van der Waals surface area contributed by atoms with Crippen LogP contribution in [0, 0.1) is 19.7 Å². The summed E-state index contributed by atoms with van der Waals surface area (Å²) in [4.78, 5) is 28.7. The van der Waals surface area contributed by atoms with E-state index in [4.69, 9.17) is 0 Å². The molecule has 0 spiro atoms. The molecule has 1 N–H and O–H groups in total. The standard InChI is InChI=1S/C29H33FN2O2/c1-4-16-31-29(34)27(18-23-8-6-5-7-9-23)32(20-24-12-14-26(30)15-13-24)28(33)19-25-17-21(2)10-11-22(25)3/h5-15,17,27H,4,16,18-20H2,1-3H3,(H,31,34)/t27-/m1/s1. The van der Waals surface area contributed by atoms with Crippen LogP contribution in [-0.2, 0) is 29.0 Å². The molecule has 0 bridgehead atoms. The lowest BCUT2D eigenvalue weighted by Gasteiger charge is -2.32. The maximum absolute atomic E-state index is 13.7. The van der Waals surface area contributed by atoms with Crippen LogP contribution in [0.15, 0.2) is 72.8 Å². The van der Waals surface area contributed by atoms with Crippen LogP contribution in [0.3, 0.4) is 0 Å². The summed E-state index contributed by atoms with van der Waals surface area (Å²) in [5.41, 5.74) is 4.82. The Morgan fingerprint density at radius 1 is 0.941 bits per heavy atom. The van der Waals surface area contributed by atoms with Crippen molar-refractivity contribution < 1.29 is 14.0 Å². The lowest BCUT2D eigenvalue weighted by Crippen LogP contribution is -2.51. The fourth-order valence-electron chi connectivity index (χ4n) is 3.96. The number of carbonyl (C=O) groups is 2. The third-order valence-electron chi connectivity index (χ3n) is 5.93. The summed E-state index contributed by atoms with van der Waals surface area (Å²) in [6.07, 6.45) is 1.40. The summed E-state index contributed by atoms with van der Waals surface area (Å²) in [6, 6.07) is 21.2. The van der Waals surface area contributed by atoms with E-state index < -0.39 is 6.04 Å². The molecular formula is C29H33FN2O2. The van der Waals surface area contributed by atoms with Gasteiger partial charge in [-0.05, 0) is 54.7 Å². The Hall–Kier alpha value is -3.47. The van der Waals surface area contributed by atoms with E-state index in [9.17, 15) is 14.0 Å². The van der Waals surface area contributed by atoms with Gasteiger partial charge in [0, 0.05) is 19.5 Å². The maximum Gasteiger partial charge on any atom is 0.243 e. The van der Waals surface area contributed by atoms with Gasteiger partial charge in [-0.2, -0.15) is 0 Å². The van der Waals surface area contributed by atoms with Crippen LogP contribution in [0.25, 0.3) is 0 Å². The highest BCUT2D eigenvalue weighted by Gasteiger charge is 2.30. The number of aryl methyl sites for hydroxylation is 2. The number of hydrogen-bond acceptors (Lipinski definition) is 2. The van der Waals surface area contributed by atoms with Gasteiger partial charge in [-0.1, -0.05) is 73.2 Å². The predicted molar refractivity (Wildman–Crippen MR) is 134 cm³/mol. The molecule has 0 fully saturated rings. The molecule has 3 aromatic carbocycles. The zero-order chi connectivity index (χ0) is 24.5. The van der Waals surface area contributed by atoms with E-state index in [1.54, 1.807) is 17.0 Å². The van der Waals surface area contributed by atoms with E-state index in [0.29, 0.717) is 13.0 Å². The SMILES string of the molecule is CCCNC(=O)[C@@H](Cc1ccccc1)N(Cc1ccc(F)cc1)C(=O)Cc1cc(C)ccc1C. The van der Waals surface area contributed by atoms with Crippen LogP contribution in [0.2, 0.25) is 0 Å². The number of nitrogens with zero attached hydrogens (tertiary/aromatic N) is 1. The van der Waals surface area contributed by atoms with Crippen molar-refractivity contribution in [3.05, 3.63) is 106 Å². The summed E-state index contributed by atoms with van der Waals surface area (Å²) in [7, 11) is 0. The van der Waals surface area contributed by atoms with Gasteiger partial charge in [-0.3, -0.25) is 9.59 Å². The molecule has 178 valence electrons. The van der Waals surface area contributed by atoms with Crippen molar-refractivity contribution in [1.82, 2.24) is 10.2 Å². The van der Waals surface area contributed by atoms with Crippen molar-refractivity contribution >= 4 is 11.8 Å². The van der Waals surface area contributed by atoms with Crippen LogP contribution in [0.1, 0.15) is 41.2 Å². The number of amides is 2. The largest absolute Gasteiger partial charge is 0.354 e. The molecule has 0 radical (unpaired) electrons. The van der Waals surface area contributed by atoms with Crippen molar-refractivity contribution in [3.8, 4) is 0 Å². The molecule has 4 nitrogen and oxygen atoms in total. The van der Waals surface area contributed by atoms with Crippen LogP contribution in [0.5, 0.6) is 0 Å². The van der Waals surface area contributed by atoms with E-state index in [2.05, 4.69) is 5.32 Å². The van der Waals surface area contributed by atoms with Gasteiger partial charge in [0.05, 0.1) is 6.42 Å². The lowest BCUT2D eigenvalue weighted by atomic mass is 9.99. The topological polar surface area (TPSA) is 49.4 Å². The summed E-state index contributed by atoms with van der Waals surface area (Å²) in [6.45, 7) is 6.75. The van der Waals surface area contributed by atoms with E-state index >= 15 is 0 Å². The number of nitrogens with one attached hydrogen (secondary N) is 1. The van der Waals surface area contributed by atoms with E-state index in [-0.39, 0.29) is 30.6 Å². The smallest absolute Gasteiger partial charge is 0.243 e. The Morgan fingerprint density at radius 3 is 2.32 bits per heavy atom. The molecule has 0 saturated heterocycles. The van der Waals surface area contributed by atoms with Crippen LogP contribution >= 0.6 is 0 Å². The molecule has 0 aliphatic heterocycles. The Bertz CT molecular complexity index is 1100. The van der Waals surface area contributed by atoms with Gasteiger partial charge >= 0.3 is 0 Å². The molecule has 0 saturated carbocycles. The molecule has 3 rings (SSSR count). The van der Waals surface area contributed by atoms with Crippen LogP contribution < -0.4 is 5.32 Å². The Kier molecular flexibility index (Phi) is 8.97. The number of carbonyl (C=O) groups excluding carboxylic acids is 2. The van der Waals surface area contributed by atoms with Crippen molar-refractivity contribution in [1.29, 1.82) is 0 Å². The zero-order valence-corrected chi connectivity index (χ0v) is 20.2. The van der Waals surface area contributed by atoms with E-state index in [1.807, 2.05) is 69.3 Å². The second kappa shape index (κ2) is 12.1. The molecule has 1 atom stereocenters. The number of benzene rings is 3. The molecule has 0 aliphatic rings. The van der Waals surface area contributed by atoms with Gasteiger partial charge in [0.15, 0.2) is 0 Å². The van der Waals surface area contributed by atoms with E-state index in [0.717, 1.165) is 34.2 Å². The second-order valence-corrected chi connectivity index (χ2v) is 8.75. The minimum atomic E-state index is -0.684. The fourth-order valence-corrected chi connectivity index (χ4v) is 3.96. The molecule has 2 amide bonds. The first-order chi connectivity index (χ1) is 16.4. The third kappa shape index (κ3) is 7.01. The first kappa shape index (κ1) is 25.2. The average Bonchev–Trinajstić information content (AvgIpc) is 2.83. The molecule has 5 heteroatoms. The highest BCUT2D eigenvalue weighted by molar-refractivity contribution is 5.89. The number of hydrogen-bond donors (Lipinski definition) is 1. The minimum Gasteiger partial charge on any atom is -0.354 e. The first-order valence-corrected chi connectivity index (χ1v) is 11.8. The number of halogens is 1. The second-order valence-electron chi connectivity index (χ2n) is 8.75. The van der Waals surface area contributed by atoms with Crippen molar-refractivity contribution in [2.24, 2.45) is 0 Å². The lowest BCUT2D eigenvalue weighted by molar-refractivity contribution is -0.140. The molecule has 3 aromatic rings. The third-order valence-corrected chi connectivity index (χ3v) is 5.93. The molecular weight excluding hydrogens is 427 g/mol. The number of rotatable bonds is 10. The Labute approximate surface area is 201 Å². The summed E-state index contributed by atoms with van der Waals surface area (Å²) >= 11 is 0. The van der Waals surface area contributed by atoms with Crippen molar-refractivity contribution in [3.63, 3.8) is 0 Å². The summed E-state index contributed by atoms with van der Waals surface area (Å²) < 4.78 is 13.5. The normalized spacial score (nSPS) is 11.6. The van der Waals surface area contributed by atoms with Gasteiger partial charge in [-0.25, -0.2) is 4.39 Å². The van der Waals surface area contributed by atoms with Gasteiger partial charge in [0.25, 0.3) is 0 Å².